The van der Waals surface area contributed by atoms with Crippen LogP contribution in [0.5, 0.6) is 0 Å². The molecule has 3 heteroatoms. The van der Waals surface area contributed by atoms with Gasteiger partial charge in [-0.2, -0.15) is 0 Å². The first-order valence-electron chi connectivity index (χ1n) is 5.24. The minimum atomic E-state index is -0.466. The lowest BCUT2D eigenvalue weighted by molar-refractivity contribution is -0.137. The minimum Gasteiger partial charge on any atom is -0.380 e. The van der Waals surface area contributed by atoms with Crippen LogP contribution in [0.2, 0.25) is 0 Å². The molecule has 2 saturated heterocycles. The standard InChI is InChI=1S/C11H12O3/c12-9-7-1-2-10(11(9)6-14-11)5-13-4-8(10)3-7/h1-2,7-8H,3-6H2/t7-,8-,10-,11+/m0/s1. The van der Waals surface area contributed by atoms with E-state index in [1.165, 1.54) is 0 Å². The van der Waals surface area contributed by atoms with Crippen molar-refractivity contribution in [2.75, 3.05) is 19.8 Å². The molecular weight excluding hydrogens is 180 g/mol. The van der Waals surface area contributed by atoms with Gasteiger partial charge in [0, 0.05) is 5.92 Å². The molecule has 0 unspecified atom stereocenters. The summed E-state index contributed by atoms with van der Waals surface area (Å²) in [5.41, 5.74) is -0.565. The molecule has 3 nitrogen and oxygen atoms in total. The van der Waals surface area contributed by atoms with Crippen LogP contribution in [-0.4, -0.2) is 31.2 Å². The Morgan fingerprint density at radius 2 is 2.29 bits per heavy atom. The molecule has 14 heavy (non-hydrogen) atoms. The molecule has 3 fully saturated rings. The zero-order valence-corrected chi connectivity index (χ0v) is 7.86. The summed E-state index contributed by atoms with van der Waals surface area (Å²) >= 11 is 0. The summed E-state index contributed by atoms with van der Waals surface area (Å²) in [5.74, 6) is 0.922. The molecule has 2 aliphatic heterocycles. The Bertz CT molecular complexity index is 356. The summed E-state index contributed by atoms with van der Waals surface area (Å²) in [7, 11) is 0. The third-order valence-electron chi connectivity index (χ3n) is 4.47. The monoisotopic (exact) mass is 192 g/mol. The predicted octanol–water partition coefficient (Wildman–Crippen LogP) is 0.547. The number of ether oxygens (including phenoxy) is 2. The van der Waals surface area contributed by atoms with Gasteiger partial charge >= 0.3 is 0 Å². The molecule has 0 amide bonds. The largest absolute Gasteiger partial charge is 0.380 e. The fourth-order valence-electron chi connectivity index (χ4n) is 3.56. The van der Waals surface area contributed by atoms with Crippen LogP contribution in [-0.2, 0) is 14.3 Å². The third kappa shape index (κ3) is 0.563. The van der Waals surface area contributed by atoms with E-state index in [2.05, 4.69) is 12.2 Å². The minimum absolute atomic E-state index is 0.0984. The van der Waals surface area contributed by atoms with Gasteiger partial charge in [-0.25, -0.2) is 0 Å². The average Bonchev–Trinajstić information content (AvgIpc) is 2.88. The fourth-order valence-corrected chi connectivity index (χ4v) is 3.56. The summed E-state index contributed by atoms with van der Waals surface area (Å²) < 4.78 is 11.1. The summed E-state index contributed by atoms with van der Waals surface area (Å²) in [4.78, 5) is 12.1. The smallest absolute Gasteiger partial charge is 0.174 e. The number of carbonyl (C=O) groups is 1. The molecule has 5 aliphatic rings. The molecule has 4 atom stereocenters. The number of hydrogen-bond donors (Lipinski definition) is 0. The van der Waals surface area contributed by atoms with Crippen molar-refractivity contribution in [1.82, 2.24) is 0 Å². The lowest BCUT2D eigenvalue weighted by Crippen LogP contribution is -2.57. The quantitative estimate of drug-likeness (QED) is 0.415. The van der Waals surface area contributed by atoms with Crippen LogP contribution >= 0.6 is 0 Å². The lowest BCUT2D eigenvalue weighted by Gasteiger charge is -2.46. The summed E-state index contributed by atoms with van der Waals surface area (Å²) in [5, 5.41) is 0. The van der Waals surface area contributed by atoms with Gasteiger partial charge in [-0.3, -0.25) is 4.79 Å². The number of allylic oxidation sites excluding steroid dienone is 1. The van der Waals surface area contributed by atoms with Crippen LogP contribution in [0.3, 0.4) is 0 Å². The van der Waals surface area contributed by atoms with Gasteiger partial charge in [0.2, 0.25) is 0 Å². The van der Waals surface area contributed by atoms with E-state index in [0.717, 1.165) is 13.0 Å². The van der Waals surface area contributed by atoms with Crippen molar-refractivity contribution in [1.29, 1.82) is 0 Å². The number of ketones is 1. The summed E-state index contributed by atoms with van der Waals surface area (Å²) in [6.45, 7) is 2.10. The van der Waals surface area contributed by atoms with Crippen LogP contribution in [0.4, 0.5) is 0 Å². The average molecular weight is 192 g/mol. The van der Waals surface area contributed by atoms with Crippen molar-refractivity contribution >= 4 is 5.78 Å². The number of Topliss-reactive ketones (excluding diaryl/α,β-unsaturated/α-hetero) is 1. The second kappa shape index (κ2) is 1.97. The van der Waals surface area contributed by atoms with Crippen molar-refractivity contribution < 1.29 is 14.3 Å². The highest BCUT2D eigenvalue weighted by atomic mass is 16.6. The first-order valence-corrected chi connectivity index (χ1v) is 5.24. The van der Waals surface area contributed by atoms with E-state index in [1.807, 2.05) is 0 Å². The maximum absolute atomic E-state index is 12.1. The van der Waals surface area contributed by atoms with Crippen molar-refractivity contribution in [3.8, 4) is 0 Å². The van der Waals surface area contributed by atoms with Crippen LogP contribution in [0.15, 0.2) is 12.2 Å². The number of hydrogen-bond acceptors (Lipinski definition) is 3. The molecular formula is C11H12O3. The molecule has 0 aromatic rings. The number of carbonyl (C=O) groups excluding carboxylic acids is 1. The van der Waals surface area contributed by atoms with Crippen LogP contribution in [0.25, 0.3) is 0 Å². The highest BCUT2D eigenvalue weighted by molar-refractivity contribution is 5.97. The second-order valence-corrected chi connectivity index (χ2v) is 4.93. The zero-order chi connectivity index (χ0) is 9.39. The number of epoxide rings is 1. The topological polar surface area (TPSA) is 38.8 Å². The van der Waals surface area contributed by atoms with Crippen molar-refractivity contribution in [3.63, 3.8) is 0 Å². The summed E-state index contributed by atoms with van der Waals surface area (Å²) in [6.07, 6.45) is 5.24. The highest BCUT2D eigenvalue weighted by Gasteiger charge is 2.74. The molecule has 0 aromatic heterocycles. The third-order valence-corrected chi connectivity index (χ3v) is 4.47. The van der Waals surface area contributed by atoms with E-state index in [9.17, 15) is 4.79 Å². The normalized spacial score (nSPS) is 58.1. The first kappa shape index (κ1) is 7.60. The maximum Gasteiger partial charge on any atom is 0.174 e. The Kier molecular flexibility index (Phi) is 1.07. The first-order chi connectivity index (χ1) is 6.79. The fraction of sp³-hybridized carbons (Fsp3) is 0.727. The van der Waals surface area contributed by atoms with Gasteiger partial charge in [-0.05, 0) is 12.3 Å². The van der Waals surface area contributed by atoms with Gasteiger partial charge in [0.05, 0.1) is 25.2 Å². The van der Waals surface area contributed by atoms with E-state index >= 15 is 0 Å². The molecule has 5 rings (SSSR count). The van der Waals surface area contributed by atoms with E-state index in [0.29, 0.717) is 24.9 Å². The summed E-state index contributed by atoms with van der Waals surface area (Å²) in [6, 6.07) is 0. The van der Waals surface area contributed by atoms with Crippen LogP contribution in [0, 0.1) is 17.3 Å². The van der Waals surface area contributed by atoms with Gasteiger partial charge in [-0.15, -0.1) is 0 Å². The second-order valence-electron chi connectivity index (χ2n) is 4.93. The molecule has 2 heterocycles. The van der Waals surface area contributed by atoms with Gasteiger partial charge < -0.3 is 9.47 Å². The highest BCUT2D eigenvalue weighted by Crippen LogP contribution is 2.62. The molecule has 2 spiro atoms. The van der Waals surface area contributed by atoms with E-state index < -0.39 is 5.60 Å². The Morgan fingerprint density at radius 3 is 3.07 bits per heavy atom. The van der Waals surface area contributed by atoms with E-state index in [1.54, 1.807) is 0 Å². The Morgan fingerprint density at radius 1 is 1.43 bits per heavy atom. The molecule has 0 aromatic carbocycles. The van der Waals surface area contributed by atoms with E-state index in [-0.39, 0.29) is 11.3 Å². The zero-order valence-electron chi connectivity index (χ0n) is 7.86. The molecule has 0 N–H and O–H groups in total. The van der Waals surface area contributed by atoms with Gasteiger partial charge in [-0.1, -0.05) is 12.2 Å². The molecule has 2 bridgehead atoms. The van der Waals surface area contributed by atoms with Crippen molar-refractivity contribution in [2.24, 2.45) is 17.3 Å². The van der Waals surface area contributed by atoms with Crippen molar-refractivity contribution in [2.45, 2.75) is 12.0 Å². The van der Waals surface area contributed by atoms with Gasteiger partial charge in [0.1, 0.15) is 0 Å². The Labute approximate surface area is 82.1 Å². The molecule has 0 radical (unpaired) electrons. The molecule has 1 saturated carbocycles. The van der Waals surface area contributed by atoms with Gasteiger partial charge in [0.25, 0.3) is 0 Å². The van der Waals surface area contributed by atoms with Gasteiger partial charge in [0.15, 0.2) is 11.4 Å². The molecule has 74 valence electrons. The Hall–Kier alpha value is -0.670. The SMILES string of the molecule is O=C1[C@H]2C=C[C@@]3(COC[C@@H]3C2)[C@@]12CO2. The molecule has 3 aliphatic carbocycles. The van der Waals surface area contributed by atoms with Crippen LogP contribution in [0.1, 0.15) is 6.42 Å². The number of rotatable bonds is 0. The maximum atomic E-state index is 12.1. The predicted molar refractivity (Wildman–Crippen MR) is 47.7 cm³/mol. The lowest BCUT2D eigenvalue weighted by atomic mass is 9.54. The van der Waals surface area contributed by atoms with Crippen LogP contribution < -0.4 is 0 Å². The Balaban J connectivity index is 1.96. The van der Waals surface area contributed by atoms with E-state index in [4.69, 9.17) is 9.47 Å². The van der Waals surface area contributed by atoms with Crippen molar-refractivity contribution in [3.05, 3.63) is 12.2 Å².